The first kappa shape index (κ1) is 13.6. The van der Waals surface area contributed by atoms with Crippen LogP contribution < -0.4 is 4.74 Å². The molecule has 0 aliphatic carbocycles. The van der Waals surface area contributed by atoms with E-state index in [1.807, 2.05) is 37.3 Å². The number of hydrogen-bond acceptors (Lipinski definition) is 4. The molecular formula is C17H17NO3. The van der Waals surface area contributed by atoms with Gasteiger partial charge >= 0.3 is 0 Å². The van der Waals surface area contributed by atoms with Crippen molar-refractivity contribution >= 4 is 11.0 Å². The van der Waals surface area contributed by atoms with Crippen LogP contribution in [0.3, 0.4) is 0 Å². The quantitative estimate of drug-likeness (QED) is 0.775. The molecule has 1 aromatic carbocycles. The summed E-state index contributed by atoms with van der Waals surface area (Å²) in [7, 11) is 0. The Balaban J connectivity index is 1.88. The third kappa shape index (κ3) is 2.90. The minimum Gasteiger partial charge on any atom is -0.492 e. The summed E-state index contributed by atoms with van der Waals surface area (Å²) in [5.74, 6) is 1.16. The fraction of sp³-hybridized carbons (Fsp3) is 0.235. The largest absolute Gasteiger partial charge is 0.492 e. The van der Waals surface area contributed by atoms with E-state index in [0.717, 1.165) is 17.4 Å². The zero-order valence-corrected chi connectivity index (χ0v) is 11.8. The topological polar surface area (TPSA) is 55.5 Å². The molecular weight excluding hydrogens is 266 g/mol. The number of benzene rings is 1. The van der Waals surface area contributed by atoms with Crippen molar-refractivity contribution < 1.29 is 14.3 Å². The summed E-state index contributed by atoms with van der Waals surface area (Å²) in [6, 6.07) is 11.3. The van der Waals surface area contributed by atoms with Crippen LogP contribution in [0.2, 0.25) is 0 Å². The molecule has 0 aliphatic rings. The second-order valence-electron chi connectivity index (χ2n) is 4.89. The third-order valence-electron chi connectivity index (χ3n) is 3.24. The normalized spacial score (nSPS) is 12.5. The van der Waals surface area contributed by atoms with Gasteiger partial charge in [0, 0.05) is 17.1 Å². The molecule has 0 aliphatic heterocycles. The van der Waals surface area contributed by atoms with Crippen LogP contribution in [0, 0.1) is 0 Å². The fourth-order valence-electron chi connectivity index (χ4n) is 2.19. The van der Waals surface area contributed by atoms with E-state index in [2.05, 4.69) is 4.98 Å². The number of furan rings is 1. The second-order valence-corrected chi connectivity index (χ2v) is 4.89. The Morgan fingerprint density at radius 3 is 2.90 bits per heavy atom. The smallest absolute Gasteiger partial charge is 0.138 e. The van der Waals surface area contributed by atoms with Crippen LogP contribution in [0.4, 0.5) is 0 Å². The predicted octanol–water partition coefficient (Wildman–Crippen LogP) is 3.70. The van der Waals surface area contributed by atoms with Crippen molar-refractivity contribution in [1.29, 1.82) is 0 Å². The number of aliphatic hydroxyl groups excluding tert-OH is 1. The van der Waals surface area contributed by atoms with Crippen LogP contribution in [-0.2, 0) is 0 Å². The van der Waals surface area contributed by atoms with Gasteiger partial charge in [-0.2, -0.15) is 0 Å². The Kier molecular flexibility index (Phi) is 3.88. The lowest BCUT2D eigenvalue weighted by Gasteiger charge is -2.10. The molecule has 0 fully saturated rings. The predicted molar refractivity (Wildman–Crippen MR) is 80.3 cm³/mol. The Hall–Kier alpha value is -2.33. The van der Waals surface area contributed by atoms with Gasteiger partial charge in [0.25, 0.3) is 0 Å². The molecule has 1 N–H and O–H groups in total. The van der Waals surface area contributed by atoms with Crippen molar-refractivity contribution in [3.8, 4) is 5.75 Å². The van der Waals surface area contributed by atoms with Gasteiger partial charge in [-0.1, -0.05) is 25.1 Å². The Labute approximate surface area is 123 Å². The fourth-order valence-corrected chi connectivity index (χ4v) is 2.19. The average Bonchev–Trinajstić information content (AvgIpc) is 2.96. The van der Waals surface area contributed by atoms with Gasteiger partial charge in [-0.25, -0.2) is 0 Å². The van der Waals surface area contributed by atoms with E-state index < -0.39 is 6.10 Å². The number of hydrogen-bond donors (Lipinski definition) is 1. The molecule has 3 aromatic rings. The van der Waals surface area contributed by atoms with Gasteiger partial charge in [-0.3, -0.25) is 4.98 Å². The highest BCUT2D eigenvalue weighted by Gasteiger charge is 2.16. The Morgan fingerprint density at radius 1 is 1.24 bits per heavy atom. The third-order valence-corrected chi connectivity index (χ3v) is 3.24. The monoisotopic (exact) mass is 283 g/mol. The summed E-state index contributed by atoms with van der Waals surface area (Å²) in [4.78, 5) is 4.11. The first-order valence-electron chi connectivity index (χ1n) is 7.02. The van der Waals surface area contributed by atoms with E-state index in [-0.39, 0.29) is 0 Å². The van der Waals surface area contributed by atoms with E-state index in [9.17, 15) is 5.11 Å². The maximum Gasteiger partial charge on any atom is 0.138 e. The molecule has 1 atom stereocenters. The van der Waals surface area contributed by atoms with Gasteiger partial charge < -0.3 is 14.3 Å². The molecule has 3 rings (SSSR count). The number of ether oxygens (including phenoxy) is 1. The highest BCUT2D eigenvalue weighted by atomic mass is 16.5. The van der Waals surface area contributed by atoms with Gasteiger partial charge in [-0.05, 0) is 24.6 Å². The Bertz CT molecular complexity index is 702. The van der Waals surface area contributed by atoms with Gasteiger partial charge in [0.1, 0.15) is 23.2 Å². The molecule has 4 heteroatoms. The van der Waals surface area contributed by atoms with Gasteiger partial charge in [0.2, 0.25) is 0 Å². The van der Waals surface area contributed by atoms with Crippen LogP contribution in [0.15, 0.2) is 53.2 Å². The number of pyridine rings is 1. The molecule has 0 amide bonds. The zero-order chi connectivity index (χ0) is 14.7. The van der Waals surface area contributed by atoms with Crippen LogP contribution in [0.5, 0.6) is 5.75 Å². The molecule has 0 spiro atoms. The van der Waals surface area contributed by atoms with Crippen LogP contribution in [0.25, 0.3) is 11.0 Å². The molecule has 0 saturated carbocycles. The second kappa shape index (κ2) is 5.97. The van der Waals surface area contributed by atoms with Crippen molar-refractivity contribution in [1.82, 2.24) is 4.98 Å². The van der Waals surface area contributed by atoms with E-state index in [1.54, 1.807) is 18.5 Å². The van der Waals surface area contributed by atoms with E-state index in [1.165, 1.54) is 0 Å². The molecule has 0 saturated heterocycles. The molecule has 108 valence electrons. The van der Waals surface area contributed by atoms with Crippen LogP contribution in [-0.4, -0.2) is 16.7 Å². The number of aromatic nitrogens is 1. The number of nitrogens with zero attached hydrogens (tertiary/aromatic N) is 1. The summed E-state index contributed by atoms with van der Waals surface area (Å²) in [6.45, 7) is 2.67. The number of fused-ring (bicyclic) bond motifs is 1. The Morgan fingerprint density at radius 2 is 2.10 bits per heavy atom. The molecule has 0 bridgehead atoms. The van der Waals surface area contributed by atoms with E-state index in [0.29, 0.717) is 23.7 Å². The van der Waals surface area contributed by atoms with Gasteiger partial charge in [-0.15, -0.1) is 0 Å². The van der Waals surface area contributed by atoms with Gasteiger partial charge in [0.05, 0.1) is 12.8 Å². The minimum atomic E-state index is -0.852. The average molecular weight is 283 g/mol. The first-order chi connectivity index (χ1) is 10.3. The van der Waals surface area contributed by atoms with Crippen LogP contribution in [0.1, 0.15) is 30.8 Å². The van der Waals surface area contributed by atoms with Crippen molar-refractivity contribution in [2.24, 2.45) is 0 Å². The van der Waals surface area contributed by atoms with Crippen LogP contribution >= 0.6 is 0 Å². The molecule has 2 aromatic heterocycles. The highest BCUT2D eigenvalue weighted by molar-refractivity contribution is 5.77. The summed E-state index contributed by atoms with van der Waals surface area (Å²) in [6.07, 6.45) is 3.34. The van der Waals surface area contributed by atoms with E-state index >= 15 is 0 Å². The number of rotatable bonds is 5. The lowest BCUT2D eigenvalue weighted by Crippen LogP contribution is -2.01. The molecule has 4 nitrogen and oxygen atoms in total. The standard InChI is InChI=1S/C17H17NO3/c1-2-7-20-14-8-13(10-18-11-14)17(19)16-9-12-5-3-4-6-15(12)21-16/h3-6,8-11,17,19H,2,7H2,1H3. The first-order valence-corrected chi connectivity index (χ1v) is 7.02. The maximum atomic E-state index is 10.5. The summed E-state index contributed by atoms with van der Waals surface area (Å²) >= 11 is 0. The minimum absolute atomic E-state index is 0.505. The number of aliphatic hydroxyl groups is 1. The molecule has 0 radical (unpaired) electrons. The SMILES string of the molecule is CCCOc1cncc(C(O)c2cc3ccccc3o2)c1. The summed E-state index contributed by atoms with van der Waals surface area (Å²) in [5, 5.41) is 11.4. The lowest BCUT2D eigenvalue weighted by atomic mass is 10.1. The zero-order valence-electron chi connectivity index (χ0n) is 11.8. The summed E-state index contributed by atoms with van der Waals surface area (Å²) in [5.41, 5.74) is 1.42. The summed E-state index contributed by atoms with van der Waals surface area (Å²) < 4.78 is 11.2. The molecule has 2 heterocycles. The van der Waals surface area contributed by atoms with Crippen molar-refractivity contribution in [3.63, 3.8) is 0 Å². The van der Waals surface area contributed by atoms with Gasteiger partial charge in [0.15, 0.2) is 0 Å². The molecule has 1 unspecified atom stereocenters. The number of para-hydroxylation sites is 1. The highest BCUT2D eigenvalue weighted by Crippen LogP contribution is 2.29. The van der Waals surface area contributed by atoms with E-state index in [4.69, 9.17) is 9.15 Å². The van der Waals surface area contributed by atoms with Crippen molar-refractivity contribution in [2.45, 2.75) is 19.4 Å². The molecule has 21 heavy (non-hydrogen) atoms. The maximum absolute atomic E-state index is 10.5. The van der Waals surface area contributed by atoms with Crippen molar-refractivity contribution in [2.75, 3.05) is 6.61 Å². The lowest BCUT2D eigenvalue weighted by molar-refractivity contribution is 0.191. The van der Waals surface area contributed by atoms with Crippen molar-refractivity contribution in [3.05, 3.63) is 60.1 Å².